The smallest absolute Gasteiger partial charge is 0.124 e. The van der Waals surface area contributed by atoms with Crippen molar-refractivity contribution in [2.24, 2.45) is 0 Å². The van der Waals surface area contributed by atoms with E-state index in [1.54, 1.807) is 12.1 Å². The number of rotatable bonds is 7. The molecule has 1 atom stereocenters. The van der Waals surface area contributed by atoms with Gasteiger partial charge in [0.25, 0.3) is 0 Å². The van der Waals surface area contributed by atoms with E-state index in [1.165, 1.54) is 28.5 Å². The van der Waals surface area contributed by atoms with Gasteiger partial charge in [0.1, 0.15) is 18.2 Å². The maximum atomic E-state index is 13.0. The number of nitrogens with one attached hydrogen (secondary N) is 1. The maximum Gasteiger partial charge on any atom is 0.124 e. The van der Waals surface area contributed by atoms with Gasteiger partial charge in [-0.25, -0.2) is 4.39 Å². The predicted molar refractivity (Wildman–Crippen MR) is 101 cm³/mol. The van der Waals surface area contributed by atoms with Crippen molar-refractivity contribution in [3.63, 3.8) is 0 Å². The van der Waals surface area contributed by atoms with Gasteiger partial charge in [0, 0.05) is 18.2 Å². The van der Waals surface area contributed by atoms with Crippen LogP contribution in [0.4, 0.5) is 4.39 Å². The predicted octanol–water partition coefficient (Wildman–Crippen LogP) is 5.45. The van der Waals surface area contributed by atoms with Crippen LogP contribution in [-0.2, 0) is 13.2 Å². The molecule has 3 rings (SSSR count). The third-order valence-corrected chi connectivity index (χ3v) is 4.54. The van der Waals surface area contributed by atoms with Gasteiger partial charge in [-0.05, 0) is 47.9 Å². The van der Waals surface area contributed by atoms with Gasteiger partial charge >= 0.3 is 0 Å². The summed E-state index contributed by atoms with van der Waals surface area (Å²) in [5, 5.41) is 5.97. The third kappa shape index (κ3) is 4.37. The van der Waals surface area contributed by atoms with Gasteiger partial charge in [-0.1, -0.05) is 49.4 Å². The van der Waals surface area contributed by atoms with Crippen LogP contribution in [-0.4, -0.2) is 6.04 Å². The topological polar surface area (TPSA) is 21.3 Å². The Morgan fingerprint density at radius 1 is 1.00 bits per heavy atom. The standard InChI is InChI=1S/C22H24FNO/c1-3-16(2)24-14-21-20-7-5-4-6-18(20)10-13-22(21)25-15-17-8-11-19(23)12-9-17/h4-13,16,24H,3,14-15H2,1-2H3/t16-/m0/s1. The van der Waals surface area contributed by atoms with E-state index < -0.39 is 0 Å². The van der Waals surface area contributed by atoms with E-state index in [0.29, 0.717) is 12.6 Å². The van der Waals surface area contributed by atoms with Crippen molar-refractivity contribution in [1.29, 1.82) is 0 Å². The lowest BCUT2D eigenvalue weighted by molar-refractivity contribution is 0.302. The molecule has 0 heterocycles. The van der Waals surface area contributed by atoms with Crippen LogP contribution in [0, 0.1) is 5.82 Å². The highest BCUT2D eigenvalue weighted by Gasteiger charge is 2.10. The Morgan fingerprint density at radius 3 is 2.52 bits per heavy atom. The van der Waals surface area contributed by atoms with Crippen molar-refractivity contribution < 1.29 is 9.13 Å². The zero-order valence-corrected chi connectivity index (χ0v) is 14.8. The zero-order valence-electron chi connectivity index (χ0n) is 14.8. The van der Waals surface area contributed by atoms with Gasteiger partial charge in [0.05, 0.1) is 0 Å². The molecule has 0 aliphatic rings. The molecule has 0 amide bonds. The molecule has 0 fully saturated rings. The second kappa shape index (κ2) is 8.13. The largest absolute Gasteiger partial charge is 0.489 e. The van der Waals surface area contributed by atoms with Gasteiger partial charge in [-0.2, -0.15) is 0 Å². The number of ether oxygens (including phenoxy) is 1. The minimum Gasteiger partial charge on any atom is -0.489 e. The summed E-state index contributed by atoms with van der Waals surface area (Å²) < 4.78 is 19.1. The first-order valence-corrected chi connectivity index (χ1v) is 8.78. The first kappa shape index (κ1) is 17.4. The average molecular weight is 337 g/mol. The van der Waals surface area contributed by atoms with Crippen molar-refractivity contribution in [3.05, 3.63) is 77.6 Å². The molecule has 0 aromatic heterocycles. The number of benzene rings is 3. The summed E-state index contributed by atoms with van der Waals surface area (Å²) in [6, 6.07) is 19.4. The van der Waals surface area contributed by atoms with Crippen molar-refractivity contribution in [1.82, 2.24) is 5.32 Å². The second-order valence-electron chi connectivity index (χ2n) is 6.37. The number of hydrogen-bond donors (Lipinski definition) is 1. The fraction of sp³-hybridized carbons (Fsp3) is 0.273. The number of hydrogen-bond acceptors (Lipinski definition) is 2. The van der Waals surface area contributed by atoms with Gasteiger partial charge in [0.15, 0.2) is 0 Å². The highest BCUT2D eigenvalue weighted by atomic mass is 19.1. The van der Waals surface area contributed by atoms with Crippen LogP contribution in [0.25, 0.3) is 10.8 Å². The van der Waals surface area contributed by atoms with E-state index in [-0.39, 0.29) is 5.82 Å². The fourth-order valence-corrected chi connectivity index (χ4v) is 2.80. The van der Waals surface area contributed by atoms with Crippen molar-refractivity contribution >= 4 is 10.8 Å². The maximum absolute atomic E-state index is 13.0. The van der Waals surface area contributed by atoms with Crippen LogP contribution >= 0.6 is 0 Å². The molecule has 0 aliphatic carbocycles. The van der Waals surface area contributed by atoms with Crippen molar-refractivity contribution in [2.45, 2.75) is 39.5 Å². The number of fused-ring (bicyclic) bond motifs is 1. The molecule has 25 heavy (non-hydrogen) atoms. The van der Waals surface area contributed by atoms with Crippen LogP contribution in [0.2, 0.25) is 0 Å². The fourth-order valence-electron chi connectivity index (χ4n) is 2.80. The van der Waals surface area contributed by atoms with E-state index >= 15 is 0 Å². The van der Waals surface area contributed by atoms with Crippen LogP contribution in [0.5, 0.6) is 5.75 Å². The van der Waals surface area contributed by atoms with E-state index in [1.807, 2.05) is 12.1 Å². The summed E-state index contributed by atoms with van der Waals surface area (Å²) in [5.41, 5.74) is 2.12. The SMILES string of the molecule is CC[C@H](C)NCc1c(OCc2ccc(F)cc2)ccc2ccccc12. The van der Waals surface area contributed by atoms with E-state index in [4.69, 9.17) is 4.74 Å². The van der Waals surface area contributed by atoms with Crippen molar-refractivity contribution in [3.8, 4) is 5.75 Å². The Kier molecular flexibility index (Phi) is 5.67. The van der Waals surface area contributed by atoms with Crippen LogP contribution in [0.3, 0.4) is 0 Å². The summed E-state index contributed by atoms with van der Waals surface area (Å²) in [7, 11) is 0. The monoisotopic (exact) mass is 337 g/mol. The molecule has 130 valence electrons. The molecule has 3 heteroatoms. The Balaban J connectivity index is 1.86. The second-order valence-corrected chi connectivity index (χ2v) is 6.37. The van der Waals surface area contributed by atoms with E-state index in [9.17, 15) is 4.39 Å². The first-order chi connectivity index (χ1) is 12.2. The Bertz CT molecular complexity index is 829. The molecule has 0 unspecified atom stereocenters. The van der Waals surface area contributed by atoms with E-state index in [0.717, 1.165) is 24.3 Å². The summed E-state index contributed by atoms with van der Waals surface area (Å²) in [4.78, 5) is 0. The summed E-state index contributed by atoms with van der Waals surface area (Å²) in [6.07, 6.45) is 1.08. The highest BCUT2D eigenvalue weighted by Crippen LogP contribution is 2.29. The van der Waals surface area contributed by atoms with Crippen LogP contribution < -0.4 is 10.1 Å². The van der Waals surface area contributed by atoms with Crippen LogP contribution in [0.1, 0.15) is 31.4 Å². The average Bonchev–Trinajstić information content (AvgIpc) is 2.65. The van der Waals surface area contributed by atoms with Gasteiger partial charge in [0.2, 0.25) is 0 Å². The highest BCUT2D eigenvalue weighted by molar-refractivity contribution is 5.87. The quantitative estimate of drug-likeness (QED) is 0.619. The molecule has 3 aromatic rings. The molecule has 0 bridgehead atoms. The van der Waals surface area contributed by atoms with E-state index in [2.05, 4.69) is 43.4 Å². The molecule has 2 nitrogen and oxygen atoms in total. The molecule has 0 saturated heterocycles. The Hall–Kier alpha value is -2.39. The molecule has 0 saturated carbocycles. The van der Waals surface area contributed by atoms with Gasteiger partial charge < -0.3 is 10.1 Å². The zero-order chi connectivity index (χ0) is 17.6. The summed E-state index contributed by atoms with van der Waals surface area (Å²) in [6.45, 7) is 5.54. The van der Waals surface area contributed by atoms with Crippen molar-refractivity contribution in [2.75, 3.05) is 0 Å². The number of halogens is 1. The molecular formula is C22H24FNO. The minimum atomic E-state index is -0.229. The van der Waals surface area contributed by atoms with Crippen LogP contribution in [0.15, 0.2) is 60.7 Å². The first-order valence-electron chi connectivity index (χ1n) is 8.78. The molecular weight excluding hydrogens is 313 g/mol. The minimum absolute atomic E-state index is 0.229. The molecule has 0 spiro atoms. The Morgan fingerprint density at radius 2 is 1.76 bits per heavy atom. The lowest BCUT2D eigenvalue weighted by Gasteiger charge is -2.17. The summed E-state index contributed by atoms with van der Waals surface area (Å²) in [5.74, 6) is 0.645. The molecule has 0 radical (unpaired) electrons. The Labute approximate surface area is 148 Å². The molecule has 0 aliphatic heterocycles. The van der Waals surface area contributed by atoms with Gasteiger partial charge in [-0.15, -0.1) is 0 Å². The third-order valence-electron chi connectivity index (χ3n) is 4.54. The summed E-state index contributed by atoms with van der Waals surface area (Å²) >= 11 is 0. The molecule has 3 aromatic carbocycles. The molecule has 1 N–H and O–H groups in total. The normalized spacial score (nSPS) is 12.3. The lowest BCUT2D eigenvalue weighted by atomic mass is 10.0. The lowest BCUT2D eigenvalue weighted by Crippen LogP contribution is -2.24. The van der Waals surface area contributed by atoms with Gasteiger partial charge in [-0.3, -0.25) is 0 Å².